The van der Waals surface area contributed by atoms with Crippen molar-refractivity contribution >= 4 is 16.0 Å². The average molecular weight is 377 g/mol. The van der Waals surface area contributed by atoms with Crippen molar-refractivity contribution in [2.24, 2.45) is 0 Å². The maximum absolute atomic E-state index is 13.3. The van der Waals surface area contributed by atoms with Crippen LogP contribution in [0, 0.1) is 13.8 Å². The maximum atomic E-state index is 13.3. The first kappa shape index (κ1) is 19.9. The number of rotatable bonds is 7. The van der Waals surface area contributed by atoms with Crippen LogP contribution in [0.3, 0.4) is 0 Å². The Kier molecular flexibility index (Phi) is 6.39. The predicted octanol–water partition coefficient (Wildman–Crippen LogP) is 2.68. The summed E-state index contributed by atoms with van der Waals surface area (Å²) in [5, 5.41) is 0. The fourth-order valence-electron chi connectivity index (χ4n) is 2.48. The molecule has 0 saturated carbocycles. The molecule has 0 radical (unpaired) electrons. The maximum Gasteiger partial charge on any atom is 0.321 e. The highest BCUT2D eigenvalue weighted by molar-refractivity contribution is 7.89. The Hall–Kier alpha value is -2.38. The number of carbonyl (C=O) groups is 1. The Morgan fingerprint density at radius 2 is 1.65 bits per heavy atom. The van der Waals surface area contributed by atoms with Crippen molar-refractivity contribution in [3.05, 3.63) is 59.2 Å². The highest BCUT2D eigenvalue weighted by Gasteiger charge is 2.30. The van der Waals surface area contributed by atoms with Gasteiger partial charge in [-0.25, -0.2) is 8.42 Å². The lowest BCUT2D eigenvalue weighted by Crippen LogP contribution is -2.36. The van der Waals surface area contributed by atoms with E-state index in [4.69, 9.17) is 4.74 Å². The van der Waals surface area contributed by atoms with Crippen LogP contribution in [0.5, 0.6) is 5.75 Å². The van der Waals surface area contributed by atoms with E-state index in [-0.39, 0.29) is 23.7 Å². The fourth-order valence-corrected chi connectivity index (χ4v) is 4.08. The Bertz CT molecular complexity index is 878. The van der Waals surface area contributed by atoms with Gasteiger partial charge in [-0.2, -0.15) is 4.31 Å². The molecule has 0 aliphatic rings. The summed E-state index contributed by atoms with van der Waals surface area (Å²) in [5.41, 5.74) is 2.51. The zero-order chi connectivity index (χ0) is 19.3. The monoisotopic (exact) mass is 377 g/mol. The molecule has 0 amide bonds. The molecule has 7 heteroatoms. The number of nitrogens with zero attached hydrogens (tertiary/aromatic N) is 1. The Balaban J connectivity index is 2.51. The second-order valence-corrected chi connectivity index (χ2v) is 7.83. The molecule has 0 atom stereocenters. The van der Waals surface area contributed by atoms with Crippen LogP contribution in [0.25, 0.3) is 0 Å². The predicted molar refractivity (Wildman–Crippen MR) is 98.5 cm³/mol. The van der Waals surface area contributed by atoms with E-state index in [2.05, 4.69) is 4.74 Å². The van der Waals surface area contributed by atoms with Gasteiger partial charge in [0.05, 0.1) is 14.2 Å². The minimum absolute atomic E-state index is 0.0305. The Morgan fingerprint density at radius 1 is 1.04 bits per heavy atom. The van der Waals surface area contributed by atoms with E-state index in [1.54, 1.807) is 24.3 Å². The van der Waals surface area contributed by atoms with E-state index >= 15 is 0 Å². The highest BCUT2D eigenvalue weighted by atomic mass is 32.2. The van der Waals surface area contributed by atoms with Crippen LogP contribution in [0.2, 0.25) is 0 Å². The van der Waals surface area contributed by atoms with E-state index in [0.717, 1.165) is 21.0 Å². The molecular formula is C19H23NO5S. The SMILES string of the molecule is COC(=O)CN(Cc1ccccc1)S(=O)(=O)c1cc(C)c(C)cc1OC. The Morgan fingerprint density at radius 3 is 2.23 bits per heavy atom. The van der Waals surface area contributed by atoms with Crippen molar-refractivity contribution in [2.45, 2.75) is 25.3 Å². The van der Waals surface area contributed by atoms with Crippen LogP contribution in [-0.4, -0.2) is 39.5 Å². The molecule has 0 bridgehead atoms. The quantitative estimate of drug-likeness (QED) is 0.694. The smallest absolute Gasteiger partial charge is 0.321 e. The number of aryl methyl sites for hydroxylation is 2. The Labute approximate surface area is 154 Å². The van der Waals surface area contributed by atoms with Gasteiger partial charge in [-0.1, -0.05) is 30.3 Å². The minimum Gasteiger partial charge on any atom is -0.495 e. The number of ether oxygens (including phenoxy) is 2. The summed E-state index contributed by atoms with van der Waals surface area (Å²) in [5.74, 6) is -0.386. The van der Waals surface area contributed by atoms with Gasteiger partial charge in [0.1, 0.15) is 17.2 Å². The van der Waals surface area contributed by atoms with Crippen LogP contribution in [0.4, 0.5) is 0 Å². The summed E-state index contributed by atoms with van der Waals surface area (Å²) in [6.07, 6.45) is 0. The highest BCUT2D eigenvalue weighted by Crippen LogP contribution is 2.30. The molecule has 0 spiro atoms. The summed E-state index contributed by atoms with van der Waals surface area (Å²) < 4.78 is 37.6. The summed E-state index contributed by atoms with van der Waals surface area (Å²) in [6.45, 7) is 3.37. The van der Waals surface area contributed by atoms with E-state index in [1.165, 1.54) is 14.2 Å². The second kappa shape index (κ2) is 8.33. The third-order valence-corrected chi connectivity index (χ3v) is 5.95. The zero-order valence-corrected chi connectivity index (χ0v) is 16.2. The normalized spacial score (nSPS) is 11.4. The summed E-state index contributed by atoms with van der Waals surface area (Å²) in [7, 11) is -1.33. The summed E-state index contributed by atoms with van der Waals surface area (Å²) in [6, 6.07) is 12.3. The van der Waals surface area contributed by atoms with Crippen LogP contribution >= 0.6 is 0 Å². The number of sulfonamides is 1. The molecule has 0 aliphatic heterocycles. The van der Waals surface area contributed by atoms with Gasteiger partial charge in [-0.3, -0.25) is 4.79 Å². The molecule has 6 nitrogen and oxygen atoms in total. The van der Waals surface area contributed by atoms with Crippen LogP contribution in [0.15, 0.2) is 47.4 Å². The molecular weight excluding hydrogens is 354 g/mol. The van der Waals surface area contributed by atoms with Gasteiger partial charge in [0.15, 0.2) is 0 Å². The molecule has 0 fully saturated rings. The van der Waals surface area contributed by atoms with Crippen molar-refractivity contribution in [1.82, 2.24) is 4.31 Å². The van der Waals surface area contributed by atoms with Gasteiger partial charge in [0.2, 0.25) is 10.0 Å². The lowest BCUT2D eigenvalue weighted by molar-refractivity contribution is -0.140. The second-order valence-electron chi connectivity index (χ2n) is 5.92. The van der Waals surface area contributed by atoms with Crippen molar-refractivity contribution in [1.29, 1.82) is 0 Å². The largest absolute Gasteiger partial charge is 0.495 e. The standard InChI is InChI=1S/C19H23NO5S/c1-14-10-17(24-3)18(11-15(14)2)26(22,23)20(13-19(21)25-4)12-16-8-6-5-7-9-16/h5-11H,12-13H2,1-4H3. The summed E-state index contributed by atoms with van der Waals surface area (Å²) in [4.78, 5) is 11.8. The molecule has 0 heterocycles. The van der Waals surface area contributed by atoms with Crippen molar-refractivity contribution in [3.8, 4) is 5.75 Å². The fraction of sp³-hybridized carbons (Fsp3) is 0.316. The van der Waals surface area contributed by atoms with Gasteiger partial charge in [0, 0.05) is 6.54 Å². The van der Waals surface area contributed by atoms with Crippen LogP contribution < -0.4 is 4.74 Å². The molecule has 2 aromatic carbocycles. The molecule has 140 valence electrons. The number of benzene rings is 2. The third kappa shape index (κ3) is 4.42. The third-order valence-electron chi connectivity index (χ3n) is 4.13. The number of hydrogen-bond acceptors (Lipinski definition) is 5. The van der Waals surface area contributed by atoms with Gasteiger partial charge in [0.25, 0.3) is 0 Å². The lowest BCUT2D eigenvalue weighted by atomic mass is 10.1. The first-order valence-corrected chi connectivity index (χ1v) is 9.49. The van der Waals surface area contributed by atoms with Crippen molar-refractivity contribution in [3.63, 3.8) is 0 Å². The molecule has 26 heavy (non-hydrogen) atoms. The van der Waals surface area contributed by atoms with Crippen molar-refractivity contribution in [2.75, 3.05) is 20.8 Å². The molecule has 0 N–H and O–H groups in total. The number of esters is 1. The van der Waals surface area contributed by atoms with Gasteiger partial charge in [-0.05, 0) is 42.7 Å². The molecule has 0 unspecified atom stereocenters. The van der Waals surface area contributed by atoms with Gasteiger partial charge in [-0.15, -0.1) is 0 Å². The number of methoxy groups -OCH3 is 2. The topological polar surface area (TPSA) is 72.9 Å². The zero-order valence-electron chi connectivity index (χ0n) is 15.4. The number of carbonyl (C=O) groups excluding carboxylic acids is 1. The van der Waals surface area contributed by atoms with E-state index in [9.17, 15) is 13.2 Å². The van der Waals surface area contributed by atoms with E-state index in [0.29, 0.717) is 0 Å². The van der Waals surface area contributed by atoms with Crippen LogP contribution in [0.1, 0.15) is 16.7 Å². The average Bonchev–Trinajstić information content (AvgIpc) is 2.63. The van der Waals surface area contributed by atoms with Crippen LogP contribution in [-0.2, 0) is 26.1 Å². The van der Waals surface area contributed by atoms with E-state index < -0.39 is 16.0 Å². The van der Waals surface area contributed by atoms with Gasteiger partial charge < -0.3 is 9.47 Å². The minimum atomic E-state index is -3.98. The molecule has 0 saturated heterocycles. The lowest BCUT2D eigenvalue weighted by Gasteiger charge is -2.23. The first-order chi connectivity index (χ1) is 12.3. The molecule has 2 aromatic rings. The van der Waals surface area contributed by atoms with E-state index in [1.807, 2.05) is 32.0 Å². The molecule has 0 aliphatic carbocycles. The molecule has 0 aromatic heterocycles. The summed E-state index contributed by atoms with van der Waals surface area (Å²) >= 11 is 0. The van der Waals surface area contributed by atoms with Gasteiger partial charge >= 0.3 is 5.97 Å². The van der Waals surface area contributed by atoms with Crippen molar-refractivity contribution < 1.29 is 22.7 Å². The first-order valence-electron chi connectivity index (χ1n) is 8.05. The number of hydrogen-bond donors (Lipinski definition) is 0. The molecule has 2 rings (SSSR count).